The highest BCUT2D eigenvalue weighted by atomic mass is 16.3. The number of carbonyl (C=O) groups excluding carboxylic acids is 4. The van der Waals surface area contributed by atoms with E-state index >= 15 is 0 Å². The molecule has 1 atom stereocenters. The molecule has 0 radical (unpaired) electrons. The van der Waals surface area contributed by atoms with Crippen molar-refractivity contribution in [1.82, 2.24) is 30.4 Å². The highest BCUT2D eigenvalue weighted by Crippen LogP contribution is 2.30. The summed E-state index contributed by atoms with van der Waals surface area (Å²) in [7, 11) is 0. The fraction of sp³-hybridized carbons (Fsp3) is 0.658. The average molecular weight is 683 g/mol. The van der Waals surface area contributed by atoms with Gasteiger partial charge in [0.25, 0.3) is 0 Å². The number of hydrogen-bond donors (Lipinski definition) is 4. The van der Waals surface area contributed by atoms with E-state index in [4.69, 9.17) is 0 Å². The Balaban J connectivity index is 0.000000362. The van der Waals surface area contributed by atoms with Gasteiger partial charge in [-0.15, -0.1) is 0 Å². The molecule has 2 aromatic rings. The highest BCUT2D eigenvalue weighted by Gasteiger charge is 2.37. The lowest BCUT2D eigenvalue weighted by Crippen LogP contribution is -2.58. The zero-order chi connectivity index (χ0) is 36.1. The van der Waals surface area contributed by atoms with E-state index in [2.05, 4.69) is 62.8 Å². The van der Waals surface area contributed by atoms with Gasteiger partial charge in [-0.1, -0.05) is 76.8 Å². The summed E-state index contributed by atoms with van der Waals surface area (Å²) in [5, 5.41) is 17.4. The molecule has 1 aliphatic carbocycles. The molecule has 1 aromatic heterocycles. The number of hydrogen-bond acceptors (Lipinski definition) is 6. The molecule has 4 N–H and O–H groups in total. The number of imidazole rings is 1. The van der Waals surface area contributed by atoms with Crippen LogP contribution in [-0.4, -0.2) is 81.0 Å². The van der Waals surface area contributed by atoms with Crippen LogP contribution in [0.3, 0.4) is 0 Å². The van der Waals surface area contributed by atoms with Crippen molar-refractivity contribution in [3.63, 3.8) is 0 Å². The molecular weight excluding hydrogens is 620 g/mol. The predicted octanol–water partition coefficient (Wildman–Crippen LogP) is 4.70. The first-order valence-corrected chi connectivity index (χ1v) is 18.2. The van der Waals surface area contributed by atoms with Gasteiger partial charge in [0.2, 0.25) is 23.6 Å². The maximum absolute atomic E-state index is 12.5. The Kier molecular flexibility index (Phi) is 19.3. The molecule has 1 aliphatic rings. The van der Waals surface area contributed by atoms with Crippen LogP contribution in [0.1, 0.15) is 110 Å². The number of aliphatic hydroxyl groups excluding tert-OH is 1. The number of aromatic nitrogens is 2. The number of nitrogens with zero attached hydrogens (tertiary/aromatic N) is 3. The number of benzene rings is 1. The Labute approximate surface area is 294 Å². The van der Waals surface area contributed by atoms with Gasteiger partial charge in [-0.2, -0.15) is 0 Å². The molecule has 49 heavy (non-hydrogen) atoms. The predicted molar refractivity (Wildman–Crippen MR) is 194 cm³/mol. The molecule has 0 bridgehead atoms. The van der Waals surface area contributed by atoms with Gasteiger partial charge in [0.1, 0.15) is 6.04 Å². The molecule has 1 heterocycles. The van der Waals surface area contributed by atoms with Gasteiger partial charge < -0.3 is 30.5 Å². The number of rotatable bonds is 21. The van der Waals surface area contributed by atoms with Gasteiger partial charge in [-0.05, 0) is 69.8 Å². The Morgan fingerprint density at radius 1 is 1.00 bits per heavy atom. The molecule has 0 saturated heterocycles. The topological polar surface area (TPSA) is 146 Å². The Morgan fingerprint density at radius 3 is 2.22 bits per heavy atom. The molecule has 11 nitrogen and oxygen atoms in total. The third-order valence-electron chi connectivity index (χ3n) is 8.95. The van der Waals surface area contributed by atoms with Gasteiger partial charge in [-0.3, -0.25) is 19.2 Å². The minimum Gasteiger partial charge on any atom is -0.394 e. The summed E-state index contributed by atoms with van der Waals surface area (Å²) in [6.07, 6.45) is 16.7. The second-order valence-electron chi connectivity index (χ2n) is 13.8. The van der Waals surface area contributed by atoms with Crippen LogP contribution in [0.5, 0.6) is 0 Å². The van der Waals surface area contributed by atoms with Gasteiger partial charge in [0.05, 0.1) is 31.6 Å². The summed E-state index contributed by atoms with van der Waals surface area (Å²) >= 11 is 0. The van der Waals surface area contributed by atoms with E-state index in [1.165, 1.54) is 68.0 Å². The lowest BCUT2D eigenvalue weighted by atomic mass is 9.77. The van der Waals surface area contributed by atoms with Crippen LogP contribution in [0.15, 0.2) is 42.9 Å². The smallest absolute Gasteiger partial charge is 0.243 e. The second kappa shape index (κ2) is 22.8. The first-order valence-electron chi connectivity index (χ1n) is 18.2. The van der Waals surface area contributed by atoms with Crippen molar-refractivity contribution in [2.45, 2.75) is 130 Å². The normalized spacial score (nSPS) is 13.8. The van der Waals surface area contributed by atoms with Crippen LogP contribution in [0.25, 0.3) is 0 Å². The quantitative estimate of drug-likeness (QED) is 0.141. The van der Waals surface area contributed by atoms with E-state index < -0.39 is 23.4 Å². The average Bonchev–Trinajstić information content (AvgIpc) is 3.47. The van der Waals surface area contributed by atoms with Crippen LogP contribution < -0.4 is 16.0 Å². The van der Waals surface area contributed by atoms with Crippen molar-refractivity contribution in [1.29, 1.82) is 0 Å². The largest absolute Gasteiger partial charge is 0.394 e. The van der Waals surface area contributed by atoms with Crippen LogP contribution in [0.2, 0.25) is 0 Å². The van der Waals surface area contributed by atoms with Crippen molar-refractivity contribution < 1.29 is 24.3 Å². The molecule has 4 amide bonds. The van der Waals surface area contributed by atoms with Crippen molar-refractivity contribution in [3.05, 3.63) is 54.1 Å². The fourth-order valence-electron chi connectivity index (χ4n) is 5.87. The number of aliphatic hydroxyl groups is 1. The molecule has 274 valence electrons. The molecular formula is C38H62N6O5. The minimum atomic E-state index is -0.791. The summed E-state index contributed by atoms with van der Waals surface area (Å²) in [5.41, 5.74) is 2.18. The van der Waals surface area contributed by atoms with E-state index in [0.29, 0.717) is 13.0 Å². The van der Waals surface area contributed by atoms with E-state index in [0.717, 1.165) is 32.2 Å². The zero-order valence-corrected chi connectivity index (χ0v) is 30.6. The standard InChI is InChI=1S/C20H36N4O5.C18H26N2/c1-5-9-24(15(4)26)12-18(28)22-16(10-14(2)3)19(29)21-11-17(27)23-20(13-25)7-6-8-20;1-17-15-19-16-20(17)14-10-5-3-2-4-7-11-18-12-8-6-9-13-18/h14,16,25H,5-13H2,1-4H3,(H,21,29)(H,22,28)(H,23,27);6,8-9,12-13,15-16H,2-5,7,10-11,14H2,1H3. The monoisotopic (exact) mass is 682 g/mol. The number of aryl methyl sites for hydroxylation is 3. The minimum absolute atomic E-state index is 0.107. The fourth-order valence-corrected chi connectivity index (χ4v) is 5.87. The molecule has 1 aromatic carbocycles. The Morgan fingerprint density at radius 2 is 1.67 bits per heavy atom. The Hall–Kier alpha value is -3.73. The molecule has 3 rings (SSSR count). The zero-order valence-electron chi connectivity index (χ0n) is 30.6. The van der Waals surface area contributed by atoms with Crippen molar-refractivity contribution in [3.8, 4) is 0 Å². The summed E-state index contributed by atoms with van der Waals surface area (Å²) < 4.78 is 2.25. The van der Waals surface area contributed by atoms with Crippen molar-refractivity contribution >= 4 is 23.6 Å². The van der Waals surface area contributed by atoms with Crippen LogP contribution in [0.4, 0.5) is 0 Å². The highest BCUT2D eigenvalue weighted by molar-refractivity contribution is 5.92. The number of unbranched alkanes of at least 4 members (excludes halogenated alkanes) is 5. The van der Waals surface area contributed by atoms with E-state index in [1.54, 1.807) is 0 Å². The summed E-state index contributed by atoms with van der Waals surface area (Å²) in [5.74, 6) is -1.27. The van der Waals surface area contributed by atoms with Crippen LogP contribution in [-0.2, 0) is 32.1 Å². The van der Waals surface area contributed by atoms with Gasteiger partial charge in [0, 0.05) is 31.9 Å². The first kappa shape index (κ1) is 41.4. The molecule has 0 aliphatic heterocycles. The molecule has 0 spiro atoms. The lowest BCUT2D eigenvalue weighted by Gasteiger charge is -2.41. The third kappa shape index (κ3) is 16.5. The lowest BCUT2D eigenvalue weighted by molar-refractivity contribution is -0.136. The van der Waals surface area contributed by atoms with E-state index in [-0.39, 0.29) is 37.4 Å². The third-order valence-corrected chi connectivity index (χ3v) is 8.95. The number of carbonyl (C=O) groups is 4. The summed E-state index contributed by atoms with van der Waals surface area (Å²) in [6, 6.07) is 10.0. The second-order valence-corrected chi connectivity index (χ2v) is 13.8. The maximum atomic E-state index is 12.5. The van der Waals surface area contributed by atoms with Gasteiger partial charge in [0.15, 0.2) is 0 Å². The molecule has 11 heteroatoms. The van der Waals surface area contributed by atoms with Gasteiger partial charge >= 0.3 is 0 Å². The van der Waals surface area contributed by atoms with Crippen molar-refractivity contribution in [2.24, 2.45) is 5.92 Å². The van der Waals surface area contributed by atoms with Crippen LogP contribution >= 0.6 is 0 Å². The molecule has 1 unspecified atom stereocenters. The Bertz CT molecular complexity index is 1250. The maximum Gasteiger partial charge on any atom is 0.243 e. The summed E-state index contributed by atoms with van der Waals surface area (Å²) in [6.45, 7) is 10.4. The number of amides is 4. The van der Waals surface area contributed by atoms with Crippen molar-refractivity contribution in [2.75, 3.05) is 26.2 Å². The van der Waals surface area contributed by atoms with E-state index in [1.807, 2.05) is 33.3 Å². The van der Waals surface area contributed by atoms with Crippen LogP contribution in [0, 0.1) is 12.8 Å². The molecule has 1 fully saturated rings. The SMILES string of the molecule is CCCN(CC(=O)NC(CC(C)C)C(=O)NCC(=O)NC1(CO)CCC1)C(C)=O.Cc1cncn1CCCCCCCCc1ccccc1. The first-order chi connectivity index (χ1) is 23.5. The summed E-state index contributed by atoms with van der Waals surface area (Å²) in [4.78, 5) is 54.2. The van der Waals surface area contributed by atoms with E-state index in [9.17, 15) is 24.3 Å². The number of nitrogens with one attached hydrogen (secondary N) is 3. The van der Waals surface area contributed by atoms with Gasteiger partial charge in [-0.25, -0.2) is 4.98 Å². The molecule has 1 saturated carbocycles.